The number of anilines is 1. The molecule has 0 spiro atoms. The molecule has 8 heteroatoms. The second-order valence-electron chi connectivity index (χ2n) is 8.02. The van der Waals surface area contributed by atoms with Gasteiger partial charge in [-0.05, 0) is 45.1 Å². The van der Waals surface area contributed by atoms with Crippen LogP contribution >= 0.6 is 11.6 Å². The normalized spacial score (nSPS) is 19.3. The number of alkyl carbamates (subject to hydrolysis) is 1. The number of carbonyl (C=O) groups excluding carboxylic acids is 1. The standard InChI is InChI=1S/C19H22ClN5O2/c1-19(2,3)24-18(26)27-12-6-7-25(10-12)17-14(9-22)15(11-4-5-11)13(8-21)16(20)23-17/h11-12H,4-7,10H2,1-3H3,(H,24,26)/t12-/m0/s1. The Kier molecular flexibility index (Phi) is 5.17. The number of aromatic nitrogens is 1. The molecule has 2 aliphatic rings. The molecule has 0 unspecified atom stereocenters. The van der Waals surface area contributed by atoms with Gasteiger partial charge < -0.3 is 15.0 Å². The van der Waals surface area contributed by atoms with Crippen LogP contribution in [0.1, 0.15) is 62.6 Å². The maximum absolute atomic E-state index is 12.0. The van der Waals surface area contributed by atoms with Crippen molar-refractivity contribution in [2.45, 2.75) is 57.6 Å². The summed E-state index contributed by atoms with van der Waals surface area (Å²) < 4.78 is 5.49. The molecule has 1 saturated carbocycles. The summed E-state index contributed by atoms with van der Waals surface area (Å²) in [7, 11) is 0. The highest BCUT2D eigenvalue weighted by Crippen LogP contribution is 2.46. The number of carbonyl (C=O) groups is 1. The SMILES string of the molecule is CC(C)(C)NC(=O)O[C@H]1CCN(c2nc(Cl)c(C#N)c(C3CC3)c2C#N)C1. The molecule has 2 heterocycles. The molecule has 0 aromatic carbocycles. The van der Waals surface area contributed by atoms with E-state index in [0.29, 0.717) is 42.0 Å². The number of hydrogen-bond acceptors (Lipinski definition) is 6. The van der Waals surface area contributed by atoms with Crippen molar-refractivity contribution < 1.29 is 9.53 Å². The van der Waals surface area contributed by atoms with Crippen LogP contribution in [-0.2, 0) is 4.74 Å². The molecule has 7 nitrogen and oxygen atoms in total. The molecule has 3 rings (SSSR count). The molecular formula is C19H22ClN5O2. The van der Waals surface area contributed by atoms with E-state index in [1.54, 1.807) is 0 Å². The Morgan fingerprint density at radius 3 is 2.48 bits per heavy atom. The fourth-order valence-corrected chi connectivity index (χ4v) is 3.51. The highest BCUT2D eigenvalue weighted by atomic mass is 35.5. The number of rotatable bonds is 3. The minimum absolute atomic E-state index is 0.128. The fourth-order valence-electron chi connectivity index (χ4n) is 3.29. The second kappa shape index (κ2) is 7.25. The van der Waals surface area contributed by atoms with Crippen molar-refractivity contribution in [1.82, 2.24) is 10.3 Å². The number of nitrogens with one attached hydrogen (secondary N) is 1. The molecule has 1 amide bonds. The van der Waals surface area contributed by atoms with Crippen molar-refractivity contribution in [2.75, 3.05) is 18.0 Å². The number of hydrogen-bond donors (Lipinski definition) is 1. The molecule has 1 atom stereocenters. The lowest BCUT2D eigenvalue weighted by Crippen LogP contribution is -2.42. The summed E-state index contributed by atoms with van der Waals surface area (Å²) in [5, 5.41) is 22.0. The first-order valence-corrected chi connectivity index (χ1v) is 9.38. The van der Waals surface area contributed by atoms with Crippen molar-refractivity contribution in [3.63, 3.8) is 0 Å². The molecule has 0 bridgehead atoms. The van der Waals surface area contributed by atoms with Crippen LogP contribution in [0.25, 0.3) is 0 Å². The lowest BCUT2D eigenvalue weighted by Gasteiger charge is -2.23. The highest BCUT2D eigenvalue weighted by Gasteiger charge is 2.35. The zero-order valence-electron chi connectivity index (χ0n) is 15.7. The van der Waals surface area contributed by atoms with Crippen molar-refractivity contribution in [1.29, 1.82) is 10.5 Å². The molecule has 1 aromatic heterocycles. The number of pyridine rings is 1. The van der Waals surface area contributed by atoms with E-state index in [-0.39, 0.29) is 22.7 Å². The lowest BCUT2D eigenvalue weighted by molar-refractivity contribution is 0.101. The first-order valence-electron chi connectivity index (χ1n) is 9.01. The summed E-state index contributed by atoms with van der Waals surface area (Å²) in [4.78, 5) is 18.2. The number of nitrogens with zero attached hydrogens (tertiary/aromatic N) is 4. The highest BCUT2D eigenvalue weighted by molar-refractivity contribution is 6.30. The van der Waals surface area contributed by atoms with Crippen LogP contribution < -0.4 is 10.2 Å². The van der Waals surface area contributed by atoms with Gasteiger partial charge in [0.05, 0.1) is 17.7 Å². The Morgan fingerprint density at radius 1 is 1.26 bits per heavy atom. The monoisotopic (exact) mass is 387 g/mol. The summed E-state index contributed by atoms with van der Waals surface area (Å²) in [6.07, 6.45) is 1.78. The summed E-state index contributed by atoms with van der Waals surface area (Å²) in [5.41, 5.74) is 1.06. The summed E-state index contributed by atoms with van der Waals surface area (Å²) in [6.45, 7) is 6.69. The van der Waals surface area contributed by atoms with E-state index in [1.807, 2.05) is 25.7 Å². The average molecular weight is 388 g/mol. The van der Waals surface area contributed by atoms with Gasteiger partial charge in [-0.2, -0.15) is 10.5 Å². The van der Waals surface area contributed by atoms with Gasteiger partial charge in [0, 0.05) is 18.5 Å². The molecule has 1 aliphatic heterocycles. The van der Waals surface area contributed by atoms with Crippen molar-refractivity contribution in [3.8, 4) is 12.1 Å². The third kappa shape index (κ3) is 4.26. The summed E-state index contributed by atoms with van der Waals surface area (Å²) in [6, 6.07) is 4.31. The van der Waals surface area contributed by atoms with E-state index in [9.17, 15) is 15.3 Å². The molecular weight excluding hydrogens is 366 g/mol. The molecule has 1 aromatic rings. The van der Waals surface area contributed by atoms with Gasteiger partial charge in [-0.3, -0.25) is 0 Å². The van der Waals surface area contributed by atoms with Crippen molar-refractivity contribution in [2.24, 2.45) is 0 Å². The maximum atomic E-state index is 12.0. The molecule has 1 saturated heterocycles. The summed E-state index contributed by atoms with van der Waals surface area (Å²) in [5.74, 6) is 0.673. The van der Waals surface area contributed by atoms with Crippen LogP contribution in [0.4, 0.5) is 10.6 Å². The molecule has 27 heavy (non-hydrogen) atoms. The van der Waals surface area contributed by atoms with Gasteiger partial charge in [0.2, 0.25) is 0 Å². The fraction of sp³-hybridized carbons (Fsp3) is 0.579. The zero-order valence-corrected chi connectivity index (χ0v) is 16.4. The summed E-state index contributed by atoms with van der Waals surface area (Å²) >= 11 is 6.24. The smallest absolute Gasteiger partial charge is 0.407 e. The Hall–Kier alpha value is -2.51. The first kappa shape index (κ1) is 19.3. The van der Waals surface area contributed by atoms with Gasteiger partial charge >= 0.3 is 6.09 Å². The average Bonchev–Trinajstić information content (AvgIpc) is 3.31. The van der Waals surface area contributed by atoms with Crippen LogP contribution in [0, 0.1) is 22.7 Å². The van der Waals surface area contributed by atoms with E-state index in [0.717, 1.165) is 12.8 Å². The van der Waals surface area contributed by atoms with Crippen molar-refractivity contribution in [3.05, 3.63) is 21.8 Å². The largest absolute Gasteiger partial charge is 0.444 e. The third-order valence-electron chi connectivity index (χ3n) is 4.58. The van der Waals surface area contributed by atoms with Gasteiger partial charge in [0.1, 0.15) is 29.2 Å². The Bertz CT molecular complexity index is 846. The Morgan fingerprint density at radius 2 is 1.93 bits per heavy atom. The number of amides is 1. The molecule has 1 N–H and O–H groups in total. The second-order valence-corrected chi connectivity index (χ2v) is 8.38. The van der Waals surface area contributed by atoms with Crippen LogP contribution in [-0.4, -0.2) is 35.8 Å². The predicted molar refractivity (Wildman–Crippen MR) is 101 cm³/mol. The lowest BCUT2D eigenvalue weighted by atomic mass is 10.00. The quantitative estimate of drug-likeness (QED) is 0.797. The number of ether oxygens (including phenoxy) is 1. The first-order chi connectivity index (χ1) is 12.7. The van der Waals surface area contributed by atoms with Crippen LogP contribution in [0.2, 0.25) is 5.15 Å². The topological polar surface area (TPSA) is 102 Å². The minimum atomic E-state index is -0.459. The van der Waals surface area contributed by atoms with Gasteiger partial charge in [-0.1, -0.05) is 11.6 Å². The van der Waals surface area contributed by atoms with E-state index in [2.05, 4.69) is 22.4 Å². The van der Waals surface area contributed by atoms with Crippen LogP contribution in [0.5, 0.6) is 0 Å². The molecule has 2 fully saturated rings. The van der Waals surface area contributed by atoms with Crippen LogP contribution in [0.15, 0.2) is 0 Å². The third-order valence-corrected chi connectivity index (χ3v) is 4.85. The molecule has 142 valence electrons. The van der Waals surface area contributed by atoms with E-state index in [1.165, 1.54) is 0 Å². The van der Waals surface area contributed by atoms with Gasteiger partial charge in [0.25, 0.3) is 0 Å². The Labute approximate surface area is 163 Å². The van der Waals surface area contributed by atoms with Gasteiger partial charge in [0.15, 0.2) is 0 Å². The number of halogens is 1. The van der Waals surface area contributed by atoms with Gasteiger partial charge in [-0.25, -0.2) is 9.78 Å². The molecule has 0 radical (unpaired) electrons. The van der Waals surface area contributed by atoms with Gasteiger partial charge in [-0.15, -0.1) is 0 Å². The predicted octanol–water partition coefficient (Wildman–Crippen LogP) is 3.46. The maximum Gasteiger partial charge on any atom is 0.407 e. The van der Waals surface area contributed by atoms with E-state index >= 15 is 0 Å². The molecule has 1 aliphatic carbocycles. The van der Waals surface area contributed by atoms with Crippen molar-refractivity contribution >= 4 is 23.5 Å². The Balaban J connectivity index is 1.81. The minimum Gasteiger partial charge on any atom is -0.444 e. The number of nitriles is 2. The van der Waals surface area contributed by atoms with E-state index < -0.39 is 6.09 Å². The zero-order chi connectivity index (χ0) is 19.8. The van der Waals surface area contributed by atoms with E-state index in [4.69, 9.17) is 16.3 Å². The van der Waals surface area contributed by atoms with Crippen LogP contribution in [0.3, 0.4) is 0 Å².